The molecule has 0 heterocycles. The van der Waals surface area contributed by atoms with Gasteiger partial charge in [0.2, 0.25) is 0 Å². The molecule has 7 heavy (non-hydrogen) atoms. The molecule has 0 saturated heterocycles. The van der Waals surface area contributed by atoms with Crippen LogP contribution in [0.25, 0.3) is 0 Å². The van der Waals surface area contributed by atoms with Gasteiger partial charge in [0.1, 0.15) is 5.38 Å². The van der Waals surface area contributed by atoms with Crippen LogP contribution in [0.3, 0.4) is 0 Å². The van der Waals surface area contributed by atoms with Crippen LogP contribution in [0.1, 0.15) is 0 Å². The maximum atomic E-state index is 5.43. The number of rotatable bonds is 1. The summed E-state index contributed by atoms with van der Waals surface area (Å²) in [5.41, 5.74) is 0. The number of hydrogen-bond donors (Lipinski definition) is 0. The molecule has 0 aromatic rings. The highest BCUT2D eigenvalue weighted by molar-refractivity contribution is 9.12. The van der Waals surface area contributed by atoms with E-state index in [9.17, 15) is 0 Å². The minimum Gasteiger partial charge on any atom is -0.124 e. The van der Waals surface area contributed by atoms with Crippen LogP contribution in [0.2, 0.25) is 0 Å². The van der Waals surface area contributed by atoms with Crippen molar-refractivity contribution in [1.29, 1.82) is 0 Å². The fourth-order valence-electron chi connectivity index (χ4n) is 0.0978. The Balaban J connectivity index is 3.29. The van der Waals surface area contributed by atoms with Crippen LogP contribution in [0.4, 0.5) is 0 Å². The molecular weight excluding hydrogens is 199 g/mol. The van der Waals surface area contributed by atoms with Gasteiger partial charge in [-0.2, -0.15) is 0 Å². The summed E-state index contributed by atoms with van der Waals surface area (Å²) in [6.07, 6.45) is 0. The lowest BCUT2D eigenvalue weighted by molar-refractivity contribution is 1.30. The van der Waals surface area contributed by atoms with Gasteiger partial charge >= 0.3 is 0 Å². The van der Waals surface area contributed by atoms with Gasteiger partial charge in [0.05, 0.1) is 0 Å². The van der Waals surface area contributed by atoms with Gasteiger partial charge in [0.25, 0.3) is 0 Å². The smallest absolute Gasteiger partial charge is 0.109 e. The quantitative estimate of drug-likeness (QED) is 0.451. The Morgan fingerprint density at radius 1 is 1.71 bits per heavy atom. The Bertz CT molecular complexity index is 91.6. The third-order valence-electron chi connectivity index (χ3n) is 0.347. The van der Waals surface area contributed by atoms with Gasteiger partial charge in [-0.05, 0) is 4.83 Å². The summed E-state index contributed by atoms with van der Waals surface area (Å²) in [5, 5.41) is -0.221. The van der Waals surface area contributed by atoms with Crippen LogP contribution in [0.5, 0.6) is 0 Å². The average molecular weight is 202 g/mol. The Labute approximate surface area is 61.3 Å². The highest BCUT2D eigenvalue weighted by Crippen LogP contribution is 1.95. The SMILES string of the molecule is ClCC(Cl)C#CBr. The highest BCUT2D eigenvalue weighted by atomic mass is 79.9. The van der Waals surface area contributed by atoms with Crippen molar-refractivity contribution in [2.75, 3.05) is 5.88 Å². The minimum atomic E-state index is -0.221. The van der Waals surface area contributed by atoms with E-state index in [4.69, 9.17) is 23.2 Å². The number of hydrogen-bond acceptors (Lipinski definition) is 0. The van der Waals surface area contributed by atoms with Crippen LogP contribution >= 0.6 is 39.1 Å². The van der Waals surface area contributed by atoms with Crippen molar-refractivity contribution in [1.82, 2.24) is 0 Å². The monoisotopic (exact) mass is 200 g/mol. The minimum absolute atomic E-state index is 0.221. The van der Waals surface area contributed by atoms with Crippen LogP contribution in [0.15, 0.2) is 0 Å². The molecule has 0 rings (SSSR count). The Morgan fingerprint density at radius 2 is 2.29 bits per heavy atom. The van der Waals surface area contributed by atoms with Crippen molar-refractivity contribution in [3.8, 4) is 10.8 Å². The zero-order chi connectivity index (χ0) is 5.70. The molecule has 0 nitrogen and oxygen atoms in total. The first kappa shape index (κ1) is 7.62. The molecule has 0 aliphatic rings. The van der Waals surface area contributed by atoms with E-state index in [1.54, 1.807) is 0 Å². The molecule has 0 radical (unpaired) electrons. The largest absolute Gasteiger partial charge is 0.124 e. The van der Waals surface area contributed by atoms with E-state index in [2.05, 4.69) is 26.7 Å². The molecule has 0 aromatic heterocycles. The first-order valence-electron chi connectivity index (χ1n) is 1.62. The van der Waals surface area contributed by atoms with Gasteiger partial charge in [0.15, 0.2) is 0 Å². The molecule has 0 amide bonds. The summed E-state index contributed by atoms with van der Waals surface area (Å²) < 4.78 is 0. The third kappa shape index (κ3) is 4.47. The zero-order valence-corrected chi connectivity index (χ0v) is 6.52. The van der Waals surface area contributed by atoms with Crippen molar-refractivity contribution >= 4 is 39.1 Å². The second kappa shape index (κ2) is 4.77. The van der Waals surface area contributed by atoms with Crippen LogP contribution in [-0.2, 0) is 0 Å². The summed E-state index contributed by atoms with van der Waals surface area (Å²) in [7, 11) is 0. The van der Waals surface area contributed by atoms with Crippen molar-refractivity contribution in [3.05, 3.63) is 0 Å². The summed E-state index contributed by atoms with van der Waals surface area (Å²) in [6, 6.07) is 0. The van der Waals surface area contributed by atoms with E-state index in [0.29, 0.717) is 5.88 Å². The lowest BCUT2D eigenvalue weighted by Crippen LogP contribution is -1.92. The van der Waals surface area contributed by atoms with Crippen molar-refractivity contribution in [2.45, 2.75) is 5.38 Å². The van der Waals surface area contributed by atoms with Gasteiger partial charge in [-0.25, -0.2) is 0 Å². The van der Waals surface area contributed by atoms with E-state index in [1.807, 2.05) is 0 Å². The fraction of sp³-hybridized carbons (Fsp3) is 0.500. The maximum Gasteiger partial charge on any atom is 0.109 e. The van der Waals surface area contributed by atoms with E-state index >= 15 is 0 Å². The van der Waals surface area contributed by atoms with Gasteiger partial charge in [0, 0.05) is 21.8 Å². The standard InChI is InChI=1S/C4H3BrCl2/c5-2-1-4(7)3-6/h4H,3H2. The molecule has 0 saturated carbocycles. The molecule has 0 aliphatic carbocycles. The molecule has 0 spiro atoms. The van der Waals surface area contributed by atoms with E-state index in [0.717, 1.165) is 0 Å². The molecule has 1 unspecified atom stereocenters. The Hall–Kier alpha value is 0.620. The second-order valence-corrected chi connectivity index (χ2v) is 2.09. The fourth-order valence-corrected chi connectivity index (χ4v) is 0.638. The van der Waals surface area contributed by atoms with E-state index in [-0.39, 0.29) is 5.38 Å². The van der Waals surface area contributed by atoms with Crippen molar-refractivity contribution < 1.29 is 0 Å². The lowest BCUT2D eigenvalue weighted by Gasteiger charge is -1.86. The predicted molar refractivity (Wildman–Crippen MR) is 37.1 cm³/mol. The Kier molecular flexibility index (Phi) is 5.19. The molecular formula is C4H3BrCl2. The normalized spacial score (nSPS) is 11.9. The van der Waals surface area contributed by atoms with Crippen LogP contribution in [-0.4, -0.2) is 11.3 Å². The molecule has 0 aliphatic heterocycles. The zero-order valence-electron chi connectivity index (χ0n) is 3.42. The van der Waals surface area contributed by atoms with Gasteiger partial charge < -0.3 is 0 Å². The van der Waals surface area contributed by atoms with Crippen LogP contribution in [0, 0.1) is 10.8 Å². The third-order valence-corrected chi connectivity index (χ3v) is 1.31. The molecule has 40 valence electrons. The second-order valence-electron chi connectivity index (χ2n) is 0.861. The summed E-state index contributed by atoms with van der Waals surface area (Å²) >= 11 is 13.6. The first-order chi connectivity index (χ1) is 3.31. The number of alkyl halides is 2. The predicted octanol–water partition coefficient (Wildman–Crippen LogP) is 2.19. The maximum absolute atomic E-state index is 5.43. The van der Waals surface area contributed by atoms with E-state index in [1.165, 1.54) is 0 Å². The van der Waals surface area contributed by atoms with E-state index < -0.39 is 0 Å². The first-order valence-corrected chi connectivity index (χ1v) is 3.39. The number of halogens is 3. The molecule has 0 fully saturated rings. The molecule has 0 bridgehead atoms. The van der Waals surface area contributed by atoms with Crippen molar-refractivity contribution in [3.63, 3.8) is 0 Å². The molecule has 3 heteroatoms. The van der Waals surface area contributed by atoms with Gasteiger partial charge in [-0.1, -0.05) is 5.92 Å². The molecule has 0 N–H and O–H groups in total. The van der Waals surface area contributed by atoms with Crippen LogP contribution < -0.4 is 0 Å². The lowest BCUT2D eigenvalue weighted by atomic mass is 10.5. The molecule has 0 aromatic carbocycles. The van der Waals surface area contributed by atoms with Crippen molar-refractivity contribution in [2.24, 2.45) is 0 Å². The highest BCUT2D eigenvalue weighted by Gasteiger charge is 1.91. The summed E-state index contributed by atoms with van der Waals surface area (Å²) in [6.45, 7) is 0. The molecule has 1 atom stereocenters. The summed E-state index contributed by atoms with van der Waals surface area (Å²) in [4.78, 5) is 2.46. The average Bonchev–Trinajstić information content (AvgIpc) is 1.68. The Morgan fingerprint density at radius 3 is 2.43 bits per heavy atom. The summed E-state index contributed by atoms with van der Waals surface area (Å²) in [5.74, 6) is 2.97. The van der Waals surface area contributed by atoms with Gasteiger partial charge in [-0.3, -0.25) is 0 Å². The topological polar surface area (TPSA) is 0 Å². The van der Waals surface area contributed by atoms with Gasteiger partial charge in [-0.15, -0.1) is 23.2 Å².